The first-order chi connectivity index (χ1) is 9.24. The minimum absolute atomic E-state index is 0.174. The molecule has 0 aromatic rings. The van der Waals surface area contributed by atoms with Crippen LogP contribution in [0.1, 0.15) is 40.0 Å². The van der Waals surface area contributed by atoms with Crippen molar-refractivity contribution in [3.8, 4) is 0 Å². The second-order valence-electron chi connectivity index (χ2n) is 6.92. The van der Waals surface area contributed by atoms with Gasteiger partial charge in [0.15, 0.2) is 0 Å². The van der Waals surface area contributed by atoms with Gasteiger partial charge >= 0.3 is 6.18 Å². The van der Waals surface area contributed by atoms with Gasteiger partial charge in [-0.25, -0.2) is 0 Å². The lowest BCUT2D eigenvalue weighted by molar-refractivity contribution is -0.221. The highest BCUT2D eigenvalue weighted by Gasteiger charge is 2.49. The normalized spacial score (nSPS) is 32.5. The van der Waals surface area contributed by atoms with Crippen LogP contribution in [0.2, 0.25) is 0 Å². The summed E-state index contributed by atoms with van der Waals surface area (Å²) in [5.74, 6) is -0.739. The molecule has 2 heterocycles. The van der Waals surface area contributed by atoms with Crippen LogP contribution in [0.4, 0.5) is 13.2 Å². The topological polar surface area (TPSA) is 12.5 Å². The van der Waals surface area contributed by atoms with Gasteiger partial charge in [-0.15, -0.1) is 0 Å². The van der Waals surface area contributed by atoms with E-state index in [1.807, 2.05) is 0 Å². The lowest BCUT2D eigenvalue weighted by atomic mass is 9.71. The highest BCUT2D eigenvalue weighted by atomic mass is 19.4. The lowest BCUT2D eigenvalue weighted by Crippen LogP contribution is -2.54. The summed E-state index contributed by atoms with van der Waals surface area (Å²) in [6.45, 7) is 8.53. The first-order valence-corrected chi connectivity index (χ1v) is 7.62. The van der Waals surface area contributed by atoms with Crippen LogP contribution in [0.25, 0.3) is 0 Å². The zero-order valence-corrected chi connectivity index (χ0v) is 12.7. The zero-order valence-electron chi connectivity index (χ0n) is 12.7. The number of ether oxygens (including phenoxy) is 1. The quantitative estimate of drug-likeness (QED) is 0.769. The molecule has 0 aliphatic carbocycles. The third-order valence-corrected chi connectivity index (χ3v) is 5.54. The Kier molecular flexibility index (Phi) is 4.69. The minimum atomic E-state index is -4.15. The molecule has 0 unspecified atom stereocenters. The molecule has 20 heavy (non-hydrogen) atoms. The minimum Gasteiger partial charge on any atom is -0.381 e. The van der Waals surface area contributed by atoms with Gasteiger partial charge in [-0.05, 0) is 43.7 Å². The number of halogens is 3. The summed E-state index contributed by atoms with van der Waals surface area (Å²) in [5, 5.41) is 0. The second-order valence-corrected chi connectivity index (χ2v) is 6.92. The SMILES string of the molecule is CC(C)C1(C)CCN([C@@H]2CCOC[C@@H]2C(F)(F)F)CC1. The van der Waals surface area contributed by atoms with E-state index in [2.05, 4.69) is 25.7 Å². The molecule has 0 aromatic carbocycles. The van der Waals surface area contributed by atoms with Crippen molar-refractivity contribution in [3.05, 3.63) is 0 Å². The number of hydrogen-bond donors (Lipinski definition) is 0. The number of likely N-dealkylation sites (tertiary alicyclic amines) is 1. The number of alkyl halides is 3. The van der Waals surface area contributed by atoms with Crippen LogP contribution in [0.5, 0.6) is 0 Å². The molecule has 0 saturated carbocycles. The summed E-state index contributed by atoms with van der Waals surface area (Å²) in [4.78, 5) is 2.06. The molecule has 0 amide bonds. The molecular weight excluding hydrogens is 267 g/mol. The van der Waals surface area contributed by atoms with Gasteiger partial charge in [0.25, 0.3) is 0 Å². The first-order valence-electron chi connectivity index (χ1n) is 7.62. The second kappa shape index (κ2) is 5.84. The first kappa shape index (κ1) is 16.1. The Morgan fingerprint density at radius 2 is 1.80 bits per heavy atom. The smallest absolute Gasteiger partial charge is 0.381 e. The Morgan fingerprint density at radius 1 is 1.20 bits per heavy atom. The van der Waals surface area contributed by atoms with E-state index in [9.17, 15) is 13.2 Å². The van der Waals surface area contributed by atoms with Crippen molar-refractivity contribution in [3.63, 3.8) is 0 Å². The molecule has 0 radical (unpaired) electrons. The van der Waals surface area contributed by atoms with Gasteiger partial charge in [-0.2, -0.15) is 13.2 Å². The molecule has 0 aromatic heterocycles. The number of hydrogen-bond acceptors (Lipinski definition) is 2. The maximum absolute atomic E-state index is 13.1. The van der Waals surface area contributed by atoms with E-state index in [0.717, 1.165) is 25.9 Å². The Labute approximate surface area is 119 Å². The third-order valence-electron chi connectivity index (χ3n) is 5.54. The molecule has 0 bridgehead atoms. The van der Waals surface area contributed by atoms with Crippen molar-refractivity contribution in [2.75, 3.05) is 26.3 Å². The molecule has 2 rings (SSSR count). The van der Waals surface area contributed by atoms with Crippen molar-refractivity contribution >= 4 is 0 Å². The summed E-state index contributed by atoms with van der Waals surface area (Å²) >= 11 is 0. The molecule has 118 valence electrons. The van der Waals surface area contributed by atoms with E-state index < -0.39 is 12.1 Å². The molecule has 2 nitrogen and oxygen atoms in total. The summed E-state index contributed by atoms with van der Waals surface area (Å²) in [5.41, 5.74) is 0.273. The summed E-state index contributed by atoms with van der Waals surface area (Å²) in [6.07, 6.45) is -1.66. The molecule has 0 N–H and O–H groups in total. The summed E-state index contributed by atoms with van der Waals surface area (Å²) in [7, 11) is 0. The van der Waals surface area contributed by atoms with Crippen LogP contribution in [-0.4, -0.2) is 43.4 Å². The maximum Gasteiger partial charge on any atom is 0.395 e. The molecule has 2 saturated heterocycles. The van der Waals surface area contributed by atoms with Gasteiger partial charge in [0.1, 0.15) is 0 Å². The van der Waals surface area contributed by atoms with Crippen LogP contribution in [-0.2, 0) is 4.74 Å². The molecule has 2 aliphatic rings. The van der Waals surface area contributed by atoms with Crippen molar-refractivity contribution in [1.82, 2.24) is 4.90 Å². The Balaban J connectivity index is 2.01. The van der Waals surface area contributed by atoms with Gasteiger partial charge in [-0.1, -0.05) is 20.8 Å². The molecular formula is C15H26F3NO. The van der Waals surface area contributed by atoms with Crippen molar-refractivity contribution < 1.29 is 17.9 Å². The molecule has 2 aliphatic heterocycles. The zero-order chi connectivity index (χ0) is 15.0. The van der Waals surface area contributed by atoms with Crippen LogP contribution >= 0.6 is 0 Å². The van der Waals surface area contributed by atoms with Gasteiger partial charge in [0.2, 0.25) is 0 Å². The number of nitrogens with zero attached hydrogens (tertiary/aromatic N) is 1. The van der Waals surface area contributed by atoms with E-state index >= 15 is 0 Å². The predicted molar refractivity (Wildman–Crippen MR) is 72.5 cm³/mol. The molecule has 0 spiro atoms. The van der Waals surface area contributed by atoms with E-state index in [1.165, 1.54) is 0 Å². The van der Waals surface area contributed by atoms with Gasteiger partial charge in [0.05, 0.1) is 12.5 Å². The highest BCUT2D eigenvalue weighted by Crippen LogP contribution is 2.41. The summed E-state index contributed by atoms with van der Waals surface area (Å²) < 4.78 is 44.4. The van der Waals surface area contributed by atoms with Crippen LogP contribution in [0, 0.1) is 17.3 Å². The largest absolute Gasteiger partial charge is 0.395 e. The van der Waals surface area contributed by atoms with Crippen LogP contribution in [0.15, 0.2) is 0 Å². The molecule has 2 atom stereocenters. The van der Waals surface area contributed by atoms with E-state index in [0.29, 0.717) is 18.9 Å². The van der Waals surface area contributed by atoms with Crippen molar-refractivity contribution in [2.24, 2.45) is 17.3 Å². The maximum atomic E-state index is 13.1. The Morgan fingerprint density at radius 3 is 2.30 bits per heavy atom. The fourth-order valence-electron chi connectivity index (χ4n) is 3.42. The Bertz CT molecular complexity index is 322. The van der Waals surface area contributed by atoms with E-state index in [1.54, 1.807) is 0 Å². The van der Waals surface area contributed by atoms with Crippen LogP contribution < -0.4 is 0 Å². The van der Waals surface area contributed by atoms with E-state index in [-0.39, 0.29) is 18.1 Å². The predicted octanol–water partition coefficient (Wildman–Crippen LogP) is 3.71. The lowest BCUT2D eigenvalue weighted by Gasteiger charge is -2.47. The highest BCUT2D eigenvalue weighted by molar-refractivity contribution is 4.92. The Hall–Kier alpha value is -0.290. The monoisotopic (exact) mass is 293 g/mol. The van der Waals surface area contributed by atoms with Crippen LogP contribution in [0.3, 0.4) is 0 Å². The van der Waals surface area contributed by atoms with Gasteiger partial charge in [0, 0.05) is 12.6 Å². The van der Waals surface area contributed by atoms with Gasteiger partial charge < -0.3 is 4.74 Å². The average molecular weight is 293 g/mol. The third kappa shape index (κ3) is 3.30. The number of rotatable bonds is 2. The van der Waals surface area contributed by atoms with Crippen molar-refractivity contribution in [2.45, 2.75) is 52.3 Å². The number of piperidine rings is 1. The molecule has 5 heteroatoms. The standard InChI is InChI=1S/C15H26F3NO/c1-11(2)14(3)5-7-19(8-6-14)13-4-9-20-10-12(13)15(16,17)18/h11-13H,4-10H2,1-3H3/t12-,13+/m0/s1. The van der Waals surface area contributed by atoms with E-state index in [4.69, 9.17) is 4.74 Å². The fourth-order valence-corrected chi connectivity index (χ4v) is 3.42. The van der Waals surface area contributed by atoms with Crippen molar-refractivity contribution in [1.29, 1.82) is 0 Å². The van der Waals surface area contributed by atoms with Gasteiger partial charge in [-0.3, -0.25) is 4.90 Å². The molecule has 2 fully saturated rings. The fraction of sp³-hybridized carbons (Fsp3) is 1.00. The average Bonchev–Trinajstić information content (AvgIpc) is 2.38. The summed E-state index contributed by atoms with van der Waals surface area (Å²) in [6, 6.07) is -0.388.